The zero-order valence-electron chi connectivity index (χ0n) is 14.7. The van der Waals surface area contributed by atoms with E-state index in [9.17, 15) is 14.4 Å². The van der Waals surface area contributed by atoms with Crippen molar-refractivity contribution < 1.29 is 14.4 Å². The Kier molecular flexibility index (Phi) is 4.69. The second-order valence-electron chi connectivity index (χ2n) is 6.77. The van der Waals surface area contributed by atoms with Crippen LogP contribution in [0.1, 0.15) is 34.6 Å². The van der Waals surface area contributed by atoms with Crippen molar-refractivity contribution in [3.63, 3.8) is 0 Å². The number of carbonyl (C=O) groups excluding carboxylic acids is 3. The molecule has 0 unspecified atom stereocenters. The number of rotatable bonds is 2. The first-order valence-electron chi connectivity index (χ1n) is 8.65. The van der Waals surface area contributed by atoms with Crippen LogP contribution in [0.3, 0.4) is 0 Å². The largest absolute Gasteiger partial charge is 0.354 e. The molecule has 0 radical (unpaired) electrons. The van der Waals surface area contributed by atoms with Gasteiger partial charge in [-0.3, -0.25) is 9.59 Å². The van der Waals surface area contributed by atoms with Crippen LogP contribution in [0.4, 0.5) is 4.79 Å². The fourth-order valence-electron chi connectivity index (χ4n) is 3.82. The van der Waals surface area contributed by atoms with Crippen LogP contribution in [0.15, 0.2) is 6.07 Å². The summed E-state index contributed by atoms with van der Waals surface area (Å²) in [5.74, 6) is -0.250. The van der Waals surface area contributed by atoms with E-state index in [-0.39, 0.29) is 17.7 Å². The van der Waals surface area contributed by atoms with Crippen LogP contribution in [0, 0.1) is 5.92 Å². The zero-order chi connectivity index (χ0) is 18.1. The highest BCUT2D eigenvalue weighted by atomic mass is 16.2. The number of urea groups is 1. The van der Waals surface area contributed by atoms with Crippen LogP contribution in [0.5, 0.6) is 0 Å². The maximum absolute atomic E-state index is 12.9. The van der Waals surface area contributed by atoms with Gasteiger partial charge in [0.15, 0.2) is 0 Å². The quantitative estimate of drug-likeness (QED) is 0.791. The van der Waals surface area contributed by atoms with Crippen LogP contribution in [0.2, 0.25) is 0 Å². The number of nitrogens with two attached hydrogens (primary N) is 1. The maximum Gasteiger partial charge on any atom is 0.314 e. The molecule has 25 heavy (non-hydrogen) atoms. The third-order valence-corrected chi connectivity index (χ3v) is 5.29. The molecular formula is C17H25N5O3. The van der Waals surface area contributed by atoms with Crippen molar-refractivity contribution in [3.05, 3.63) is 23.0 Å². The number of fused-ring (bicyclic) bond motifs is 1. The van der Waals surface area contributed by atoms with Crippen molar-refractivity contribution in [1.29, 1.82) is 0 Å². The molecule has 0 aliphatic carbocycles. The van der Waals surface area contributed by atoms with E-state index in [1.807, 2.05) is 22.6 Å². The predicted molar refractivity (Wildman–Crippen MR) is 91.8 cm³/mol. The average Bonchev–Trinajstić information content (AvgIpc) is 2.96. The first-order valence-corrected chi connectivity index (χ1v) is 8.65. The van der Waals surface area contributed by atoms with Crippen molar-refractivity contribution in [2.45, 2.75) is 25.8 Å². The molecule has 1 atom stereocenters. The molecule has 0 spiro atoms. The highest BCUT2D eigenvalue weighted by Gasteiger charge is 2.33. The summed E-state index contributed by atoms with van der Waals surface area (Å²) in [4.78, 5) is 39.6. The molecule has 1 aromatic heterocycles. The van der Waals surface area contributed by atoms with Gasteiger partial charge in [0.25, 0.3) is 5.91 Å². The smallest absolute Gasteiger partial charge is 0.314 e. The van der Waals surface area contributed by atoms with Crippen molar-refractivity contribution in [1.82, 2.24) is 19.7 Å². The topological polar surface area (TPSA) is 101 Å². The number of carbonyl (C=O) groups is 3. The van der Waals surface area contributed by atoms with Crippen LogP contribution in [-0.4, -0.2) is 58.9 Å². The Morgan fingerprint density at radius 2 is 2.00 bits per heavy atom. The summed E-state index contributed by atoms with van der Waals surface area (Å²) in [6.45, 7) is 2.15. The van der Waals surface area contributed by atoms with Gasteiger partial charge < -0.3 is 25.4 Å². The molecule has 3 heterocycles. The van der Waals surface area contributed by atoms with E-state index in [2.05, 4.69) is 5.32 Å². The maximum atomic E-state index is 12.9. The number of hydrogen-bond acceptors (Lipinski definition) is 3. The van der Waals surface area contributed by atoms with Crippen LogP contribution < -0.4 is 11.1 Å². The Hall–Kier alpha value is -2.51. The first kappa shape index (κ1) is 17.3. The summed E-state index contributed by atoms with van der Waals surface area (Å²) in [6.07, 6.45) is 2.31. The number of hydrogen-bond donors (Lipinski definition) is 2. The number of nitrogens with zero attached hydrogens (tertiary/aromatic N) is 3. The molecule has 3 rings (SSSR count). The Balaban J connectivity index is 1.74. The van der Waals surface area contributed by atoms with Crippen molar-refractivity contribution in [2.24, 2.45) is 18.7 Å². The first-order chi connectivity index (χ1) is 11.9. The molecule has 0 saturated carbocycles. The number of likely N-dealkylation sites (tertiary alicyclic amines) is 1. The summed E-state index contributed by atoms with van der Waals surface area (Å²) in [7, 11) is 3.46. The molecule has 8 heteroatoms. The summed E-state index contributed by atoms with van der Waals surface area (Å²) in [5.41, 5.74) is 8.09. The molecule has 136 valence electrons. The molecular weight excluding hydrogens is 322 g/mol. The Morgan fingerprint density at radius 3 is 2.68 bits per heavy atom. The molecule has 1 fully saturated rings. The molecule has 1 saturated heterocycles. The van der Waals surface area contributed by atoms with E-state index in [1.54, 1.807) is 11.9 Å². The molecule has 8 nitrogen and oxygen atoms in total. The van der Waals surface area contributed by atoms with E-state index in [0.717, 1.165) is 30.5 Å². The van der Waals surface area contributed by atoms with Gasteiger partial charge in [0.05, 0.1) is 12.5 Å². The normalized spacial score (nSPS) is 20.2. The third kappa shape index (κ3) is 3.20. The predicted octanol–water partition coefficient (Wildman–Crippen LogP) is 0.0601. The lowest BCUT2D eigenvalue weighted by Gasteiger charge is -2.35. The second-order valence-corrected chi connectivity index (χ2v) is 6.77. The summed E-state index contributed by atoms with van der Waals surface area (Å²) >= 11 is 0. The molecule has 0 aromatic carbocycles. The van der Waals surface area contributed by atoms with Gasteiger partial charge in [-0.1, -0.05) is 0 Å². The molecule has 4 amide bonds. The second kappa shape index (κ2) is 6.78. The van der Waals surface area contributed by atoms with E-state index in [0.29, 0.717) is 31.9 Å². The Bertz CT molecular complexity index is 711. The molecule has 3 N–H and O–H groups in total. The monoisotopic (exact) mass is 347 g/mol. The molecule has 2 aliphatic heterocycles. The fourth-order valence-corrected chi connectivity index (χ4v) is 3.82. The van der Waals surface area contributed by atoms with Gasteiger partial charge >= 0.3 is 6.03 Å². The van der Waals surface area contributed by atoms with Crippen molar-refractivity contribution in [3.8, 4) is 0 Å². The lowest BCUT2D eigenvalue weighted by atomic mass is 9.95. The van der Waals surface area contributed by atoms with Crippen LogP contribution >= 0.6 is 0 Å². The molecule has 2 aliphatic rings. The average molecular weight is 347 g/mol. The minimum Gasteiger partial charge on any atom is -0.354 e. The van der Waals surface area contributed by atoms with Crippen molar-refractivity contribution >= 4 is 17.8 Å². The summed E-state index contributed by atoms with van der Waals surface area (Å²) in [5, 5.41) is 2.64. The molecule has 0 bridgehead atoms. The van der Waals surface area contributed by atoms with Crippen molar-refractivity contribution in [2.75, 3.05) is 26.7 Å². The molecule has 1 aromatic rings. The van der Waals surface area contributed by atoms with Crippen LogP contribution in [0.25, 0.3) is 0 Å². The number of amides is 4. The Morgan fingerprint density at radius 1 is 1.24 bits per heavy atom. The van der Waals surface area contributed by atoms with Gasteiger partial charge in [0.1, 0.15) is 5.69 Å². The van der Waals surface area contributed by atoms with E-state index in [1.165, 1.54) is 0 Å². The SMILES string of the molecule is CNC(=O)c1cc2c(n1C)CN(C(=O)[C@@H]1CCCN(C(N)=O)C1)CC2. The highest BCUT2D eigenvalue weighted by Crippen LogP contribution is 2.26. The number of primary amides is 1. The van der Waals surface area contributed by atoms with E-state index < -0.39 is 6.03 Å². The zero-order valence-corrected chi connectivity index (χ0v) is 14.7. The van der Waals surface area contributed by atoms with E-state index >= 15 is 0 Å². The van der Waals surface area contributed by atoms with E-state index in [4.69, 9.17) is 5.73 Å². The minimum absolute atomic E-state index is 0.0688. The lowest BCUT2D eigenvalue weighted by Crippen LogP contribution is -2.49. The number of aromatic nitrogens is 1. The fraction of sp³-hybridized carbons (Fsp3) is 0.588. The summed E-state index contributed by atoms with van der Waals surface area (Å²) in [6, 6.07) is 1.45. The van der Waals surface area contributed by atoms with Crippen LogP contribution in [-0.2, 0) is 24.8 Å². The highest BCUT2D eigenvalue weighted by molar-refractivity contribution is 5.93. The minimum atomic E-state index is -0.462. The number of piperidine rings is 1. The van der Waals surface area contributed by atoms with Gasteiger partial charge in [0.2, 0.25) is 5.91 Å². The lowest BCUT2D eigenvalue weighted by molar-refractivity contribution is -0.138. The van der Waals surface area contributed by atoms with Gasteiger partial charge in [-0.05, 0) is 30.9 Å². The number of nitrogens with one attached hydrogen (secondary N) is 1. The van der Waals surface area contributed by atoms with Gasteiger partial charge in [0, 0.05) is 39.4 Å². The van der Waals surface area contributed by atoms with Gasteiger partial charge in [-0.15, -0.1) is 0 Å². The van der Waals surface area contributed by atoms with Gasteiger partial charge in [-0.25, -0.2) is 4.79 Å². The standard InChI is InChI=1S/C17H25N5O3/c1-19-15(23)13-8-11-5-7-21(10-14(11)20(13)2)16(24)12-4-3-6-22(9-12)17(18)25/h8,12H,3-7,9-10H2,1-2H3,(H2,18,25)(H,19,23)/t12-/m1/s1. The Labute approximate surface area is 146 Å². The third-order valence-electron chi connectivity index (χ3n) is 5.29. The van der Waals surface area contributed by atoms with Gasteiger partial charge in [-0.2, -0.15) is 0 Å². The summed E-state index contributed by atoms with van der Waals surface area (Å²) < 4.78 is 1.87.